The standard InChI is InChI=1S/C14H19N3O3S/c1-12-8-9-17(15-12)10-11-20-13-4-6-14(7-5-13)21(18,19)16(2)3/h4-9H,10-11H2,1-3H3. The van der Waals surface area contributed by atoms with Gasteiger partial charge in [-0.1, -0.05) is 0 Å². The Morgan fingerprint density at radius 3 is 2.38 bits per heavy atom. The van der Waals surface area contributed by atoms with E-state index in [1.807, 2.05) is 19.2 Å². The van der Waals surface area contributed by atoms with Crippen molar-refractivity contribution in [3.05, 3.63) is 42.2 Å². The minimum atomic E-state index is -3.39. The highest BCUT2D eigenvalue weighted by molar-refractivity contribution is 7.89. The summed E-state index contributed by atoms with van der Waals surface area (Å²) in [4.78, 5) is 0.252. The molecule has 0 saturated carbocycles. The Labute approximate surface area is 125 Å². The average Bonchev–Trinajstić information content (AvgIpc) is 2.85. The number of rotatable bonds is 6. The summed E-state index contributed by atoms with van der Waals surface area (Å²) < 4.78 is 32.4. The average molecular weight is 309 g/mol. The first kappa shape index (κ1) is 15.5. The van der Waals surface area contributed by atoms with Gasteiger partial charge in [0, 0.05) is 20.3 Å². The van der Waals surface area contributed by atoms with E-state index in [2.05, 4.69) is 5.10 Å². The Morgan fingerprint density at radius 2 is 1.86 bits per heavy atom. The first-order chi connectivity index (χ1) is 9.89. The maximum absolute atomic E-state index is 11.9. The fraction of sp³-hybridized carbons (Fsp3) is 0.357. The molecule has 0 spiro atoms. The van der Waals surface area contributed by atoms with Gasteiger partial charge in [0.2, 0.25) is 10.0 Å². The van der Waals surface area contributed by atoms with E-state index in [9.17, 15) is 8.42 Å². The summed E-state index contributed by atoms with van der Waals surface area (Å²) in [6.45, 7) is 3.05. The van der Waals surface area contributed by atoms with Gasteiger partial charge in [-0.15, -0.1) is 0 Å². The molecule has 0 N–H and O–H groups in total. The van der Waals surface area contributed by atoms with Crippen molar-refractivity contribution >= 4 is 10.0 Å². The fourth-order valence-corrected chi connectivity index (χ4v) is 2.67. The Morgan fingerprint density at radius 1 is 1.19 bits per heavy atom. The summed E-state index contributed by atoms with van der Waals surface area (Å²) in [6, 6.07) is 8.34. The fourth-order valence-electron chi connectivity index (χ4n) is 1.76. The second kappa shape index (κ2) is 6.28. The number of aromatic nitrogens is 2. The molecule has 2 rings (SSSR count). The number of hydrogen-bond acceptors (Lipinski definition) is 4. The lowest BCUT2D eigenvalue weighted by atomic mass is 10.3. The number of benzene rings is 1. The zero-order valence-electron chi connectivity index (χ0n) is 12.4. The molecule has 0 aliphatic rings. The lowest BCUT2D eigenvalue weighted by Gasteiger charge is -2.12. The van der Waals surface area contributed by atoms with Crippen LogP contribution in [0.2, 0.25) is 0 Å². The molecule has 0 amide bonds. The lowest BCUT2D eigenvalue weighted by Crippen LogP contribution is -2.22. The summed E-state index contributed by atoms with van der Waals surface area (Å²) in [5.74, 6) is 0.636. The van der Waals surface area contributed by atoms with Gasteiger partial charge in [-0.3, -0.25) is 4.68 Å². The molecule has 0 fully saturated rings. The van der Waals surface area contributed by atoms with Crippen LogP contribution in [0.3, 0.4) is 0 Å². The third kappa shape index (κ3) is 3.83. The molecular formula is C14H19N3O3S. The molecule has 0 bridgehead atoms. The van der Waals surface area contributed by atoms with Gasteiger partial charge in [-0.05, 0) is 37.3 Å². The molecule has 0 aliphatic carbocycles. The molecule has 2 aromatic rings. The number of ether oxygens (including phenoxy) is 1. The van der Waals surface area contributed by atoms with Gasteiger partial charge in [-0.2, -0.15) is 5.10 Å². The van der Waals surface area contributed by atoms with Gasteiger partial charge >= 0.3 is 0 Å². The van der Waals surface area contributed by atoms with Crippen molar-refractivity contribution in [2.24, 2.45) is 0 Å². The quantitative estimate of drug-likeness (QED) is 0.811. The smallest absolute Gasteiger partial charge is 0.242 e. The lowest BCUT2D eigenvalue weighted by molar-refractivity contribution is 0.291. The number of nitrogens with zero attached hydrogens (tertiary/aromatic N) is 3. The summed E-state index contributed by atoms with van der Waals surface area (Å²) >= 11 is 0. The van der Waals surface area contributed by atoms with E-state index in [-0.39, 0.29) is 4.90 Å². The predicted octanol–water partition coefficient (Wildman–Crippen LogP) is 1.52. The van der Waals surface area contributed by atoms with Crippen molar-refractivity contribution in [1.29, 1.82) is 0 Å². The van der Waals surface area contributed by atoms with Crippen LogP contribution in [0.4, 0.5) is 0 Å². The van der Waals surface area contributed by atoms with Crippen molar-refractivity contribution in [3.8, 4) is 5.75 Å². The van der Waals surface area contributed by atoms with E-state index in [0.717, 1.165) is 5.69 Å². The molecule has 6 nitrogen and oxygen atoms in total. The highest BCUT2D eigenvalue weighted by Crippen LogP contribution is 2.18. The summed E-state index contributed by atoms with van der Waals surface area (Å²) in [5.41, 5.74) is 0.966. The number of aryl methyl sites for hydroxylation is 1. The number of hydrogen-bond donors (Lipinski definition) is 0. The molecule has 0 aliphatic heterocycles. The third-order valence-corrected chi connectivity index (χ3v) is 4.79. The molecule has 0 unspecified atom stereocenters. The molecule has 0 saturated heterocycles. The minimum absolute atomic E-state index is 0.252. The Balaban J connectivity index is 1.94. The molecule has 1 heterocycles. The first-order valence-corrected chi connectivity index (χ1v) is 7.99. The summed E-state index contributed by atoms with van der Waals surface area (Å²) in [6.07, 6.45) is 1.89. The van der Waals surface area contributed by atoms with Crippen LogP contribution >= 0.6 is 0 Å². The van der Waals surface area contributed by atoms with E-state index in [1.165, 1.54) is 18.4 Å². The third-order valence-electron chi connectivity index (χ3n) is 2.97. The molecule has 7 heteroatoms. The van der Waals surface area contributed by atoms with Gasteiger partial charge in [0.15, 0.2) is 0 Å². The SMILES string of the molecule is Cc1ccn(CCOc2ccc(S(=O)(=O)N(C)C)cc2)n1. The van der Waals surface area contributed by atoms with Crippen molar-refractivity contribution in [3.63, 3.8) is 0 Å². The Hall–Kier alpha value is -1.86. The largest absolute Gasteiger partial charge is 0.492 e. The zero-order chi connectivity index (χ0) is 15.5. The number of sulfonamides is 1. The molecule has 0 radical (unpaired) electrons. The predicted molar refractivity (Wildman–Crippen MR) is 79.8 cm³/mol. The normalized spacial score (nSPS) is 11.8. The van der Waals surface area contributed by atoms with Crippen molar-refractivity contribution in [1.82, 2.24) is 14.1 Å². The molecule has 0 atom stereocenters. The van der Waals surface area contributed by atoms with Gasteiger partial charge in [0.25, 0.3) is 0 Å². The highest BCUT2D eigenvalue weighted by Gasteiger charge is 2.16. The summed E-state index contributed by atoms with van der Waals surface area (Å²) in [7, 11) is -0.379. The van der Waals surface area contributed by atoms with Crippen molar-refractivity contribution < 1.29 is 13.2 Å². The van der Waals surface area contributed by atoms with Crippen LogP contribution in [0, 0.1) is 6.92 Å². The van der Waals surface area contributed by atoms with Crippen molar-refractivity contribution in [2.75, 3.05) is 20.7 Å². The van der Waals surface area contributed by atoms with Gasteiger partial charge < -0.3 is 4.74 Å². The topological polar surface area (TPSA) is 64.4 Å². The van der Waals surface area contributed by atoms with E-state index < -0.39 is 10.0 Å². The molecule has 1 aromatic heterocycles. The second-order valence-electron chi connectivity index (χ2n) is 4.83. The van der Waals surface area contributed by atoms with E-state index in [1.54, 1.807) is 28.9 Å². The molecule has 114 valence electrons. The monoisotopic (exact) mass is 309 g/mol. The van der Waals surface area contributed by atoms with Crippen LogP contribution in [-0.4, -0.2) is 43.2 Å². The highest BCUT2D eigenvalue weighted by atomic mass is 32.2. The van der Waals surface area contributed by atoms with E-state index >= 15 is 0 Å². The van der Waals surface area contributed by atoms with Crippen LogP contribution in [-0.2, 0) is 16.6 Å². The van der Waals surface area contributed by atoms with Crippen LogP contribution < -0.4 is 4.74 Å². The first-order valence-electron chi connectivity index (χ1n) is 6.55. The Kier molecular flexibility index (Phi) is 4.64. The second-order valence-corrected chi connectivity index (χ2v) is 6.98. The van der Waals surface area contributed by atoms with Crippen LogP contribution in [0.1, 0.15) is 5.69 Å². The maximum atomic E-state index is 11.9. The van der Waals surface area contributed by atoms with Crippen LogP contribution in [0.5, 0.6) is 5.75 Å². The maximum Gasteiger partial charge on any atom is 0.242 e. The Bertz CT molecular complexity index is 691. The van der Waals surface area contributed by atoms with E-state index in [4.69, 9.17) is 4.74 Å². The minimum Gasteiger partial charge on any atom is -0.492 e. The van der Waals surface area contributed by atoms with E-state index in [0.29, 0.717) is 18.9 Å². The van der Waals surface area contributed by atoms with Gasteiger partial charge in [0.05, 0.1) is 17.1 Å². The van der Waals surface area contributed by atoms with Crippen LogP contribution in [0.15, 0.2) is 41.4 Å². The zero-order valence-corrected chi connectivity index (χ0v) is 13.2. The van der Waals surface area contributed by atoms with Gasteiger partial charge in [0.1, 0.15) is 12.4 Å². The molecular weight excluding hydrogens is 290 g/mol. The molecule has 1 aromatic carbocycles. The van der Waals surface area contributed by atoms with Crippen molar-refractivity contribution in [2.45, 2.75) is 18.4 Å². The summed E-state index contributed by atoms with van der Waals surface area (Å²) in [5, 5.41) is 4.26. The molecule has 21 heavy (non-hydrogen) atoms. The van der Waals surface area contributed by atoms with Crippen LogP contribution in [0.25, 0.3) is 0 Å². The van der Waals surface area contributed by atoms with Gasteiger partial charge in [-0.25, -0.2) is 12.7 Å².